The summed E-state index contributed by atoms with van der Waals surface area (Å²) in [6, 6.07) is 18.3. The largest absolute Gasteiger partial charge is 0.411 e. The molecule has 4 aromatic heterocycles. The van der Waals surface area contributed by atoms with Crippen LogP contribution < -0.4 is 4.72 Å². The molecule has 4 aromatic carbocycles. The number of oxime groups is 4. The highest BCUT2D eigenvalue weighted by Gasteiger charge is 2.31. The van der Waals surface area contributed by atoms with E-state index in [9.17, 15) is 80.5 Å². The molecule has 0 aliphatic carbocycles. The van der Waals surface area contributed by atoms with Crippen LogP contribution in [-0.4, -0.2) is 246 Å². The van der Waals surface area contributed by atoms with Gasteiger partial charge in [-0.3, -0.25) is 0 Å². The van der Waals surface area contributed by atoms with Crippen LogP contribution in [0.5, 0.6) is 0 Å². The molecule has 34 nitrogen and oxygen atoms in total. The van der Waals surface area contributed by atoms with E-state index in [0.717, 1.165) is 18.4 Å². The molecule has 5 N–H and O–H groups in total. The Bertz CT molecular complexity index is 5280. The molecule has 2 aliphatic heterocycles. The number of nitrogens with zero attached hydrogens (tertiary/aromatic N) is 15. The summed E-state index contributed by atoms with van der Waals surface area (Å²) in [4.78, 5) is 1.96. The van der Waals surface area contributed by atoms with Gasteiger partial charge in [0.2, 0.25) is 30.1 Å². The number of aryl methyl sites for hydroxylation is 3. The van der Waals surface area contributed by atoms with Gasteiger partial charge in [-0.2, -0.15) is 0 Å². The summed E-state index contributed by atoms with van der Waals surface area (Å²) in [5.74, 6) is -1.45. The van der Waals surface area contributed by atoms with Crippen LogP contribution in [0.2, 0.25) is 0 Å². The van der Waals surface area contributed by atoms with Gasteiger partial charge < -0.3 is 25.7 Å². The molecule has 0 unspecified atom stereocenters. The number of hydrogen-bond acceptors (Lipinski definition) is 33. The quantitative estimate of drug-likeness (QED) is 0.00596. The first-order valence-corrected chi connectivity index (χ1v) is 47.9. The minimum Gasteiger partial charge on any atom is -0.411 e. The van der Waals surface area contributed by atoms with Gasteiger partial charge in [0.15, 0.2) is 42.7 Å². The maximum atomic E-state index is 14.2. The Labute approximate surface area is 695 Å². The molecule has 8 aromatic rings. The van der Waals surface area contributed by atoms with Crippen molar-refractivity contribution in [2.24, 2.45) is 20.6 Å². The summed E-state index contributed by atoms with van der Waals surface area (Å²) in [6.07, 6.45) is 4.67. The summed E-state index contributed by atoms with van der Waals surface area (Å²) in [6.45, 7) is 6.50. The summed E-state index contributed by atoms with van der Waals surface area (Å²) in [5.41, 5.74) is 5.52. The maximum absolute atomic E-state index is 14.2. The van der Waals surface area contributed by atoms with Crippen molar-refractivity contribution in [1.82, 2.24) is 59.5 Å². The summed E-state index contributed by atoms with van der Waals surface area (Å²) < 4.78 is 198. The zero-order chi connectivity index (χ0) is 84.1. The van der Waals surface area contributed by atoms with Gasteiger partial charge in [0, 0.05) is 75.7 Å². The van der Waals surface area contributed by atoms with E-state index in [0.29, 0.717) is 135 Å². The molecule has 2 fully saturated rings. The molecule has 48 heteroatoms. The zero-order valence-corrected chi connectivity index (χ0v) is 72.7. The highest BCUT2D eigenvalue weighted by molar-refractivity contribution is 9.11. The second kappa shape index (κ2) is 45.6. The van der Waals surface area contributed by atoms with Crippen LogP contribution in [0.25, 0.3) is 0 Å². The molecule has 6 heterocycles. The van der Waals surface area contributed by atoms with Crippen LogP contribution in [0.1, 0.15) is 107 Å². The summed E-state index contributed by atoms with van der Waals surface area (Å²) >= 11 is 11.8. The topological polar surface area (TPSA) is 478 Å². The van der Waals surface area contributed by atoms with E-state index < -0.39 is 72.9 Å². The van der Waals surface area contributed by atoms with E-state index in [1.54, 1.807) is 56.3 Å². The predicted molar refractivity (Wildman–Crippen MR) is 429 cm³/mol. The lowest BCUT2D eigenvalue weighted by Gasteiger charge is -2.30. The highest BCUT2D eigenvalue weighted by atomic mass is 79.9. The molecular formula is C67H83Br3F4N16O18S7. The number of sulfone groups is 2. The lowest BCUT2D eigenvalue weighted by Crippen LogP contribution is -2.44. The molecule has 630 valence electrons. The van der Waals surface area contributed by atoms with Crippen LogP contribution in [0.15, 0.2) is 135 Å². The second-order valence-corrected chi connectivity index (χ2v) is 41.3. The molecular weight excluding hydrogens is 1860 g/mol. The van der Waals surface area contributed by atoms with Crippen molar-refractivity contribution >= 4 is 144 Å². The number of thioether (sulfide) groups is 2. The number of hydrogen-bond donors (Lipinski definition) is 5. The third kappa shape index (κ3) is 30.0. The Kier molecular flexibility index (Phi) is 37.7. The maximum Gasteiger partial charge on any atom is 0.215 e. The molecule has 0 amide bonds. The number of nitrogens with one attached hydrogen (secondary N) is 1. The predicted octanol–water partition coefficient (Wildman–Crippen LogP) is 9.35. The van der Waals surface area contributed by atoms with Crippen molar-refractivity contribution in [2.75, 3.05) is 105 Å². The Balaban J connectivity index is 0.000000213. The summed E-state index contributed by atoms with van der Waals surface area (Å²) in [5, 5.41) is 81.6. The molecule has 115 heavy (non-hydrogen) atoms. The SMILES string of the molecule is CCS(=O)(=O)CCCSc1nonc1/C(Cc1cccc(C)c1F)=N/O.CN(CCCc1nonc1/C(Cc1ccc(F)c(Br)c1)=N/O)CCS(=O)(=O)N1CCC1.CNS(=O)(=O)CCCSc1nonc1/C(Cc1ccc(F)c(Br)c1)=N/O.O=S(=O)(CCCc1nonc1/C(Cc1ccc(F)c(Br)c1)=N/O)CCS(=O)(=O)N1CCC1. The second-order valence-electron chi connectivity index (χ2n) is 25.6. The van der Waals surface area contributed by atoms with Crippen molar-refractivity contribution in [3.63, 3.8) is 0 Å². The third-order valence-electron chi connectivity index (χ3n) is 17.3. The van der Waals surface area contributed by atoms with Crippen LogP contribution in [0.4, 0.5) is 17.6 Å². The Hall–Kier alpha value is -7.23. The van der Waals surface area contributed by atoms with E-state index in [4.69, 9.17) is 18.5 Å². The van der Waals surface area contributed by atoms with Gasteiger partial charge in [0.25, 0.3) is 0 Å². The molecule has 0 spiro atoms. The standard InChI is InChI=1S/C19H25BrFN5O4S.C18H22BrFN4O6S2.C16H20FN3O4S2.C14H16BrFN4O4S2/c1-25(10-11-31(28,29)26-8-3-9-26)7-2-4-17-19(24-30-23-17)18(22-27)13-14-5-6-16(21)15(20)12-14;19-14-11-13(4-5-15(14)20)12-17(21-25)18-16(22-30-23-18)3-1-8-31(26,27)9-10-32(28,29)24-6-2-7-24;1-3-26(22,23)9-5-8-25-16-15(19-24-20-16)13(18-21)10-12-7-4-6-11(2)14(12)17;1-17-26(22,23)6-2-5-25-14-13(19-24-20-14)12(18-21)8-9-3-4-11(16)10(15)7-9/h5-6,12,27H,2-4,7-11,13H2,1H3;4-5,11,25H,1-3,6-10,12H2;4,6-7,21H,3,5,8-10H2,1-2H3;3-4,7,17,21H,2,5-6,8H2,1H3/b22-18+;21-17+;18-13+;18-12+. The van der Waals surface area contributed by atoms with E-state index in [1.807, 2.05) is 11.9 Å². The van der Waals surface area contributed by atoms with Gasteiger partial charge in [-0.15, -0.1) is 23.5 Å². The molecule has 0 radical (unpaired) electrons. The molecule has 2 saturated heterocycles. The van der Waals surface area contributed by atoms with Crippen molar-refractivity contribution < 1.29 is 99.0 Å². The normalized spacial score (nSPS) is 14.2. The fourth-order valence-corrected chi connectivity index (χ4v) is 20.8. The van der Waals surface area contributed by atoms with Gasteiger partial charge in [0.1, 0.15) is 67.3 Å². The molecule has 0 saturated carbocycles. The van der Waals surface area contributed by atoms with Crippen molar-refractivity contribution in [3.8, 4) is 0 Å². The lowest BCUT2D eigenvalue weighted by molar-refractivity contribution is 0.296. The van der Waals surface area contributed by atoms with E-state index in [1.165, 1.54) is 69.5 Å². The van der Waals surface area contributed by atoms with Crippen molar-refractivity contribution in [2.45, 2.75) is 101 Å². The van der Waals surface area contributed by atoms with E-state index in [2.05, 4.69) is 114 Å². The molecule has 2 aliphatic rings. The Morgan fingerprint density at radius 3 is 1.34 bits per heavy atom. The average molecular weight is 1940 g/mol. The van der Waals surface area contributed by atoms with Gasteiger partial charge in [-0.1, -0.05) is 74.3 Å². The van der Waals surface area contributed by atoms with E-state index in [-0.39, 0.29) is 123 Å². The van der Waals surface area contributed by atoms with Crippen molar-refractivity contribution in [3.05, 3.63) is 171 Å². The first-order valence-electron chi connectivity index (χ1n) is 35.1. The minimum absolute atomic E-state index is 0.0122. The lowest BCUT2D eigenvalue weighted by atomic mass is 10.0. The van der Waals surface area contributed by atoms with Gasteiger partial charge in [-0.25, -0.2) is 91.5 Å². The summed E-state index contributed by atoms with van der Waals surface area (Å²) in [7, 11) is -13.3. The van der Waals surface area contributed by atoms with Crippen LogP contribution in [0.3, 0.4) is 0 Å². The number of sulfonamides is 3. The molecule has 0 atom stereocenters. The fourth-order valence-electron chi connectivity index (χ4n) is 10.5. The third-order valence-corrected chi connectivity index (χ3v) is 30.2. The Morgan fingerprint density at radius 2 is 0.913 bits per heavy atom. The number of rotatable bonds is 40. The Morgan fingerprint density at radius 1 is 0.504 bits per heavy atom. The first-order chi connectivity index (χ1) is 54.6. The van der Waals surface area contributed by atoms with Crippen LogP contribution in [0, 0.1) is 30.2 Å². The number of halogens is 7. The number of benzene rings is 4. The molecule has 10 rings (SSSR count). The first kappa shape index (κ1) is 94.9. The number of aromatic nitrogens is 8. The van der Waals surface area contributed by atoms with Gasteiger partial charge >= 0.3 is 0 Å². The fraction of sp³-hybridized carbons (Fsp3) is 0.463. The van der Waals surface area contributed by atoms with Gasteiger partial charge in [0.05, 0.1) is 47.9 Å². The van der Waals surface area contributed by atoms with E-state index >= 15 is 0 Å². The zero-order valence-electron chi connectivity index (χ0n) is 62.2. The monoisotopic (exact) mass is 1940 g/mol. The van der Waals surface area contributed by atoms with Gasteiger partial charge in [-0.05, 0) is 222 Å². The van der Waals surface area contributed by atoms with Crippen LogP contribution in [-0.2, 0) is 88.3 Å². The van der Waals surface area contributed by atoms with Crippen LogP contribution >= 0.6 is 71.3 Å². The molecule has 0 bridgehead atoms. The smallest absolute Gasteiger partial charge is 0.215 e. The minimum atomic E-state index is -3.59. The average Bonchev–Trinajstić information content (AvgIpc) is 1.82. The highest BCUT2D eigenvalue weighted by Crippen LogP contribution is 2.28. The van der Waals surface area contributed by atoms with Crippen molar-refractivity contribution in [1.29, 1.82) is 0 Å².